The Hall–Kier alpha value is -1.84. The molecule has 4 heteroatoms. The molecule has 1 heterocycles. The van der Waals surface area contributed by atoms with Crippen molar-refractivity contribution < 1.29 is 9.59 Å². The summed E-state index contributed by atoms with van der Waals surface area (Å²) in [5.74, 6) is 0.356. The number of piperazine rings is 1. The van der Waals surface area contributed by atoms with E-state index in [1.54, 1.807) is 6.92 Å². The monoisotopic (exact) mass is 286 g/mol. The zero-order valence-corrected chi connectivity index (χ0v) is 12.5. The molecule has 3 rings (SSSR count). The number of carbonyl (C=O) groups excluding carboxylic acids is 2. The van der Waals surface area contributed by atoms with Crippen molar-refractivity contribution in [3.8, 4) is 0 Å². The lowest BCUT2D eigenvalue weighted by Gasteiger charge is -2.37. The fourth-order valence-corrected chi connectivity index (χ4v) is 3.47. The lowest BCUT2D eigenvalue weighted by molar-refractivity contribution is -0.139. The van der Waals surface area contributed by atoms with E-state index < -0.39 is 0 Å². The molecular formula is C17H22N2O2. The summed E-state index contributed by atoms with van der Waals surface area (Å²) in [5, 5.41) is 0. The van der Waals surface area contributed by atoms with Gasteiger partial charge in [-0.25, -0.2) is 0 Å². The first-order valence-corrected chi connectivity index (χ1v) is 7.79. The highest BCUT2D eigenvalue weighted by atomic mass is 16.2. The van der Waals surface area contributed by atoms with Crippen LogP contribution in [0.3, 0.4) is 0 Å². The predicted molar refractivity (Wildman–Crippen MR) is 81.0 cm³/mol. The van der Waals surface area contributed by atoms with Crippen molar-refractivity contribution in [3.63, 3.8) is 0 Å². The van der Waals surface area contributed by atoms with Crippen molar-refractivity contribution in [2.24, 2.45) is 0 Å². The summed E-state index contributed by atoms with van der Waals surface area (Å²) in [6.45, 7) is 4.24. The van der Waals surface area contributed by atoms with Gasteiger partial charge in [0.1, 0.15) is 0 Å². The number of nitrogens with zero attached hydrogens (tertiary/aromatic N) is 2. The van der Waals surface area contributed by atoms with Crippen LogP contribution in [0.4, 0.5) is 0 Å². The van der Waals surface area contributed by atoms with Gasteiger partial charge in [0.15, 0.2) is 0 Å². The van der Waals surface area contributed by atoms with E-state index in [1.165, 1.54) is 11.1 Å². The Morgan fingerprint density at radius 2 is 1.71 bits per heavy atom. The third kappa shape index (κ3) is 2.80. The lowest BCUT2D eigenvalue weighted by Crippen LogP contribution is -2.51. The molecule has 2 amide bonds. The number of hydrogen-bond acceptors (Lipinski definition) is 2. The van der Waals surface area contributed by atoms with Crippen LogP contribution in [0.25, 0.3) is 0 Å². The van der Waals surface area contributed by atoms with Crippen molar-refractivity contribution in [3.05, 3.63) is 35.4 Å². The quantitative estimate of drug-likeness (QED) is 0.790. The molecule has 1 unspecified atom stereocenters. The zero-order chi connectivity index (χ0) is 14.8. The normalized spacial score (nSPS) is 21.9. The van der Waals surface area contributed by atoms with Gasteiger partial charge in [-0.1, -0.05) is 24.3 Å². The number of rotatable bonds is 1. The van der Waals surface area contributed by atoms with Crippen molar-refractivity contribution >= 4 is 11.8 Å². The molecule has 0 radical (unpaired) electrons. The second-order valence-corrected chi connectivity index (χ2v) is 5.97. The maximum Gasteiger partial charge on any atom is 0.230 e. The minimum atomic E-state index is 0.0128. The molecule has 1 aromatic carbocycles. The van der Waals surface area contributed by atoms with Crippen LogP contribution in [-0.2, 0) is 16.0 Å². The zero-order valence-electron chi connectivity index (χ0n) is 12.5. The molecule has 0 N–H and O–H groups in total. The van der Waals surface area contributed by atoms with Crippen LogP contribution in [0.5, 0.6) is 0 Å². The van der Waals surface area contributed by atoms with E-state index in [0.717, 1.165) is 19.3 Å². The average molecular weight is 286 g/mol. The van der Waals surface area contributed by atoms with Crippen LogP contribution < -0.4 is 0 Å². The molecule has 1 aliphatic heterocycles. The fraction of sp³-hybridized carbons (Fsp3) is 0.529. The summed E-state index contributed by atoms with van der Waals surface area (Å²) >= 11 is 0. The maximum absolute atomic E-state index is 12.8. The molecular weight excluding hydrogens is 264 g/mol. The van der Waals surface area contributed by atoms with Crippen molar-refractivity contribution in [2.75, 3.05) is 26.2 Å². The minimum Gasteiger partial charge on any atom is -0.339 e. The molecule has 1 fully saturated rings. The number of fused-ring (bicyclic) bond motifs is 1. The summed E-state index contributed by atoms with van der Waals surface area (Å²) in [5.41, 5.74) is 2.53. The molecule has 0 spiro atoms. The van der Waals surface area contributed by atoms with E-state index in [-0.39, 0.29) is 17.7 Å². The molecule has 1 aromatic rings. The van der Waals surface area contributed by atoms with E-state index >= 15 is 0 Å². The van der Waals surface area contributed by atoms with Crippen molar-refractivity contribution in [1.29, 1.82) is 0 Å². The minimum absolute atomic E-state index is 0.0128. The highest BCUT2D eigenvalue weighted by Gasteiger charge is 2.31. The third-order valence-electron chi connectivity index (χ3n) is 4.70. The molecule has 1 saturated heterocycles. The first-order valence-electron chi connectivity index (χ1n) is 7.79. The SMILES string of the molecule is CC(=O)N1CCN(C(=O)C2CCCc3ccccc32)CC1. The Bertz CT molecular complexity index is 547. The predicted octanol–water partition coefficient (Wildman–Crippen LogP) is 1.80. The molecule has 1 atom stereocenters. The first kappa shape index (κ1) is 14.1. The summed E-state index contributed by atoms with van der Waals surface area (Å²) in [7, 11) is 0. The van der Waals surface area contributed by atoms with Crippen LogP contribution >= 0.6 is 0 Å². The van der Waals surface area contributed by atoms with Crippen LogP contribution in [0.2, 0.25) is 0 Å². The summed E-state index contributed by atoms with van der Waals surface area (Å²) < 4.78 is 0. The van der Waals surface area contributed by atoms with Gasteiger partial charge in [0, 0.05) is 33.1 Å². The molecule has 2 aliphatic rings. The van der Waals surface area contributed by atoms with E-state index in [4.69, 9.17) is 0 Å². The van der Waals surface area contributed by atoms with Crippen LogP contribution in [-0.4, -0.2) is 47.8 Å². The van der Waals surface area contributed by atoms with Gasteiger partial charge in [0.05, 0.1) is 5.92 Å². The Kier molecular flexibility index (Phi) is 3.95. The second-order valence-electron chi connectivity index (χ2n) is 5.97. The van der Waals surface area contributed by atoms with E-state index in [1.807, 2.05) is 15.9 Å². The smallest absolute Gasteiger partial charge is 0.230 e. The second kappa shape index (κ2) is 5.88. The van der Waals surface area contributed by atoms with Gasteiger partial charge in [0.25, 0.3) is 0 Å². The molecule has 1 aliphatic carbocycles. The van der Waals surface area contributed by atoms with E-state index in [0.29, 0.717) is 26.2 Å². The van der Waals surface area contributed by atoms with Crippen molar-refractivity contribution in [1.82, 2.24) is 9.80 Å². The highest BCUT2D eigenvalue weighted by molar-refractivity contribution is 5.85. The Balaban J connectivity index is 1.71. The Morgan fingerprint density at radius 1 is 1.05 bits per heavy atom. The summed E-state index contributed by atoms with van der Waals surface area (Å²) in [6.07, 6.45) is 3.11. The van der Waals surface area contributed by atoms with E-state index in [9.17, 15) is 9.59 Å². The third-order valence-corrected chi connectivity index (χ3v) is 4.70. The van der Waals surface area contributed by atoms with Crippen molar-refractivity contribution in [2.45, 2.75) is 32.1 Å². The van der Waals surface area contributed by atoms with Gasteiger partial charge in [-0.05, 0) is 30.4 Å². The van der Waals surface area contributed by atoms with Crippen LogP contribution in [0, 0.1) is 0 Å². The van der Waals surface area contributed by atoms with Gasteiger partial charge in [-0.15, -0.1) is 0 Å². The number of hydrogen-bond donors (Lipinski definition) is 0. The molecule has 0 saturated carbocycles. The standard InChI is InChI=1S/C17H22N2O2/c1-13(20)18-9-11-19(12-10-18)17(21)16-8-4-6-14-5-2-3-7-15(14)16/h2-3,5,7,16H,4,6,8-12H2,1H3. The molecule has 112 valence electrons. The first-order chi connectivity index (χ1) is 10.2. The van der Waals surface area contributed by atoms with E-state index in [2.05, 4.69) is 18.2 Å². The topological polar surface area (TPSA) is 40.6 Å². The Morgan fingerprint density at radius 3 is 2.43 bits per heavy atom. The highest BCUT2D eigenvalue weighted by Crippen LogP contribution is 2.33. The van der Waals surface area contributed by atoms with Gasteiger partial charge >= 0.3 is 0 Å². The van der Waals surface area contributed by atoms with Crippen LogP contribution in [0.1, 0.15) is 36.8 Å². The van der Waals surface area contributed by atoms with Gasteiger partial charge in [-0.3, -0.25) is 9.59 Å². The largest absolute Gasteiger partial charge is 0.339 e. The number of carbonyl (C=O) groups is 2. The summed E-state index contributed by atoms with van der Waals surface area (Å²) in [4.78, 5) is 27.9. The molecule has 0 bridgehead atoms. The maximum atomic E-state index is 12.8. The molecule has 4 nitrogen and oxygen atoms in total. The molecule has 0 aromatic heterocycles. The summed E-state index contributed by atoms with van der Waals surface area (Å²) in [6, 6.07) is 8.32. The number of benzene rings is 1. The number of aryl methyl sites for hydroxylation is 1. The fourth-order valence-electron chi connectivity index (χ4n) is 3.47. The lowest BCUT2D eigenvalue weighted by atomic mass is 9.82. The average Bonchev–Trinajstić information content (AvgIpc) is 2.53. The van der Waals surface area contributed by atoms with Gasteiger partial charge in [-0.2, -0.15) is 0 Å². The Labute approximate surface area is 125 Å². The van der Waals surface area contributed by atoms with Crippen LogP contribution in [0.15, 0.2) is 24.3 Å². The number of amides is 2. The van der Waals surface area contributed by atoms with Gasteiger partial charge < -0.3 is 9.80 Å². The molecule has 21 heavy (non-hydrogen) atoms. The van der Waals surface area contributed by atoms with Gasteiger partial charge in [0.2, 0.25) is 11.8 Å².